The molecule has 0 atom stereocenters. The van der Waals surface area contributed by atoms with Crippen LogP contribution in [0.15, 0.2) is 30.3 Å². The van der Waals surface area contributed by atoms with Crippen LogP contribution in [0.4, 0.5) is 0 Å². The Bertz CT molecular complexity index is 359. The highest BCUT2D eigenvalue weighted by atomic mass is 16.7. The van der Waals surface area contributed by atoms with Crippen molar-refractivity contribution in [3.8, 4) is 0 Å². The Kier molecular flexibility index (Phi) is 4.12. The number of carbonyl (C=O) groups is 1. The second-order valence-corrected chi connectivity index (χ2v) is 4.47. The van der Waals surface area contributed by atoms with E-state index in [4.69, 9.17) is 5.90 Å². The summed E-state index contributed by atoms with van der Waals surface area (Å²) >= 11 is 0. The van der Waals surface area contributed by atoms with Gasteiger partial charge in [0.1, 0.15) is 0 Å². The van der Waals surface area contributed by atoms with E-state index in [0.717, 1.165) is 32.5 Å². The molecule has 17 heavy (non-hydrogen) atoms. The van der Waals surface area contributed by atoms with Gasteiger partial charge in [0.15, 0.2) is 0 Å². The van der Waals surface area contributed by atoms with Gasteiger partial charge in [0.25, 0.3) is 0 Å². The lowest BCUT2D eigenvalue weighted by atomic mass is 9.97. The Hall–Kier alpha value is -1.39. The van der Waals surface area contributed by atoms with Crippen LogP contribution in [0, 0.1) is 5.92 Å². The molecule has 0 aliphatic carbocycles. The molecule has 2 N–H and O–H groups in total. The minimum atomic E-state index is -0.274. The summed E-state index contributed by atoms with van der Waals surface area (Å²) < 4.78 is 0. The fraction of sp³-hybridized carbons (Fsp3) is 0.462. The van der Waals surface area contributed by atoms with Gasteiger partial charge in [0.05, 0.1) is 5.92 Å². The van der Waals surface area contributed by atoms with Crippen LogP contribution in [-0.4, -0.2) is 24.0 Å². The zero-order valence-corrected chi connectivity index (χ0v) is 9.84. The van der Waals surface area contributed by atoms with E-state index in [0.29, 0.717) is 0 Å². The fourth-order valence-corrected chi connectivity index (χ4v) is 2.26. The van der Waals surface area contributed by atoms with E-state index in [1.165, 1.54) is 5.56 Å². The molecule has 0 aromatic heterocycles. The number of nitrogens with two attached hydrogens (primary N) is 1. The molecule has 1 aliphatic heterocycles. The molecule has 0 unspecified atom stereocenters. The van der Waals surface area contributed by atoms with Crippen molar-refractivity contribution in [1.82, 2.24) is 4.90 Å². The smallest absolute Gasteiger partial charge is 0.327 e. The minimum Gasteiger partial charge on any atom is -0.373 e. The van der Waals surface area contributed by atoms with E-state index in [1.807, 2.05) is 18.2 Å². The summed E-state index contributed by atoms with van der Waals surface area (Å²) in [4.78, 5) is 17.9. The lowest BCUT2D eigenvalue weighted by molar-refractivity contribution is -0.150. The number of hydrogen-bond acceptors (Lipinski definition) is 4. The molecular weight excluding hydrogens is 216 g/mol. The molecule has 1 aliphatic rings. The topological polar surface area (TPSA) is 55.6 Å². The first-order chi connectivity index (χ1) is 8.29. The van der Waals surface area contributed by atoms with E-state index in [2.05, 4.69) is 21.9 Å². The SMILES string of the molecule is NOC(=O)C1CCN(Cc2ccccc2)CC1. The number of nitrogens with zero attached hydrogens (tertiary/aromatic N) is 1. The normalized spacial score (nSPS) is 17.9. The zero-order valence-electron chi connectivity index (χ0n) is 9.84. The van der Waals surface area contributed by atoms with Gasteiger partial charge in [0, 0.05) is 6.54 Å². The Morgan fingerprint density at radius 1 is 1.29 bits per heavy atom. The monoisotopic (exact) mass is 234 g/mol. The molecule has 1 heterocycles. The van der Waals surface area contributed by atoms with Crippen LogP contribution in [0.5, 0.6) is 0 Å². The highest BCUT2D eigenvalue weighted by molar-refractivity contribution is 5.72. The molecule has 2 rings (SSSR count). The molecule has 0 amide bonds. The van der Waals surface area contributed by atoms with Crippen molar-refractivity contribution < 1.29 is 9.63 Å². The van der Waals surface area contributed by atoms with Gasteiger partial charge >= 0.3 is 5.97 Å². The standard InChI is InChI=1S/C13H18N2O2/c14-17-13(16)12-6-8-15(9-7-12)10-11-4-2-1-3-5-11/h1-5,12H,6-10,14H2. The van der Waals surface area contributed by atoms with Crippen molar-refractivity contribution >= 4 is 5.97 Å². The number of likely N-dealkylation sites (tertiary alicyclic amines) is 1. The summed E-state index contributed by atoms with van der Waals surface area (Å²) in [5, 5.41) is 0. The second-order valence-electron chi connectivity index (χ2n) is 4.47. The number of carbonyl (C=O) groups excluding carboxylic acids is 1. The van der Waals surface area contributed by atoms with Gasteiger partial charge in [-0.3, -0.25) is 9.69 Å². The van der Waals surface area contributed by atoms with E-state index in [1.54, 1.807) is 0 Å². The number of hydrogen-bond donors (Lipinski definition) is 1. The first kappa shape index (κ1) is 12.1. The lowest BCUT2D eigenvalue weighted by Gasteiger charge is -2.30. The quantitative estimate of drug-likeness (QED) is 0.801. The molecule has 0 spiro atoms. The van der Waals surface area contributed by atoms with E-state index in [-0.39, 0.29) is 11.9 Å². The van der Waals surface area contributed by atoms with Crippen LogP contribution >= 0.6 is 0 Å². The third kappa shape index (κ3) is 3.28. The van der Waals surface area contributed by atoms with Crippen molar-refractivity contribution in [2.24, 2.45) is 11.8 Å². The van der Waals surface area contributed by atoms with E-state index in [9.17, 15) is 4.79 Å². The minimum absolute atomic E-state index is 0.0213. The molecule has 92 valence electrons. The Morgan fingerprint density at radius 3 is 2.53 bits per heavy atom. The first-order valence-corrected chi connectivity index (χ1v) is 5.96. The largest absolute Gasteiger partial charge is 0.373 e. The third-order valence-electron chi connectivity index (χ3n) is 3.29. The number of piperidine rings is 1. The highest BCUT2D eigenvalue weighted by Gasteiger charge is 2.25. The van der Waals surface area contributed by atoms with Gasteiger partial charge in [-0.2, -0.15) is 5.90 Å². The van der Waals surface area contributed by atoms with Crippen molar-refractivity contribution in [1.29, 1.82) is 0 Å². The van der Waals surface area contributed by atoms with Crippen LogP contribution in [0.1, 0.15) is 18.4 Å². The number of rotatable bonds is 3. The van der Waals surface area contributed by atoms with Crippen molar-refractivity contribution in [3.63, 3.8) is 0 Å². The van der Waals surface area contributed by atoms with Gasteiger partial charge in [-0.25, -0.2) is 0 Å². The predicted octanol–water partition coefficient (Wildman–Crippen LogP) is 1.32. The molecule has 4 heteroatoms. The van der Waals surface area contributed by atoms with E-state index >= 15 is 0 Å². The molecule has 4 nitrogen and oxygen atoms in total. The lowest BCUT2D eigenvalue weighted by Crippen LogP contribution is -2.37. The van der Waals surface area contributed by atoms with Crippen LogP contribution in [0.2, 0.25) is 0 Å². The predicted molar refractivity (Wildman–Crippen MR) is 64.7 cm³/mol. The van der Waals surface area contributed by atoms with Crippen molar-refractivity contribution in [2.45, 2.75) is 19.4 Å². The number of benzene rings is 1. The van der Waals surface area contributed by atoms with Crippen LogP contribution < -0.4 is 5.90 Å². The summed E-state index contributed by atoms with van der Waals surface area (Å²) in [5.74, 6) is 4.60. The maximum atomic E-state index is 11.3. The first-order valence-electron chi connectivity index (χ1n) is 5.96. The van der Waals surface area contributed by atoms with Gasteiger partial charge in [0.2, 0.25) is 0 Å². The van der Waals surface area contributed by atoms with Gasteiger partial charge in [-0.05, 0) is 31.5 Å². The Labute approximate surface area is 101 Å². The molecule has 0 radical (unpaired) electrons. The van der Waals surface area contributed by atoms with E-state index < -0.39 is 0 Å². The summed E-state index contributed by atoms with van der Waals surface area (Å²) in [6.45, 7) is 2.80. The van der Waals surface area contributed by atoms with Crippen LogP contribution in [-0.2, 0) is 16.2 Å². The third-order valence-corrected chi connectivity index (χ3v) is 3.29. The summed E-state index contributed by atoms with van der Waals surface area (Å²) in [6.07, 6.45) is 1.67. The molecule has 1 fully saturated rings. The van der Waals surface area contributed by atoms with Crippen molar-refractivity contribution in [3.05, 3.63) is 35.9 Å². The maximum absolute atomic E-state index is 11.3. The Balaban J connectivity index is 1.82. The van der Waals surface area contributed by atoms with Crippen molar-refractivity contribution in [2.75, 3.05) is 13.1 Å². The molecule has 0 bridgehead atoms. The Morgan fingerprint density at radius 2 is 1.94 bits per heavy atom. The average molecular weight is 234 g/mol. The molecule has 1 aromatic rings. The van der Waals surface area contributed by atoms with Crippen LogP contribution in [0.25, 0.3) is 0 Å². The van der Waals surface area contributed by atoms with Gasteiger partial charge in [-0.15, -0.1) is 0 Å². The second kappa shape index (κ2) is 5.80. The van der Waals surface area contributed by atoms with Gasteiger partial charge in [-0.1, -0.05) is 30.3 Å². The average Bonchev–Trinajstić information content (AvgIpc) is 2.40. The summed E-state index contributed by atoms with van der Waals surface area (Å²) in [6, 6.07) is 10.4. The fourth-order valence-electron chi connectivity index (χ4n) is 2.26. The molecule has 1 saturated heterocycles. The zero-order chi connectivity index (χ0) is 12.1. The highest BCUT2D eigenvalue weighted by Crippen LogP contribution is 2.19. The summed E-state index contributed by atoms with van der Waals surface area (Å²) in [5.41, 5.74) is 1.31. The molecular formula is C13H18N2O2. The maximum Gasteiger partial charge on any atom is 0.327 e. The van der Waals surface area contributed by atoms with Gasteiger partial charge < -0.3 is 4.84 Å². The summed E-state index contributed by atoms with van der Waals surface area (Å²) in [7, 11) is 0. The van der Waals surface area contributed by atoms with Crippen LogP contribution in [0.3, 0.4) is 0 Å². The molecule has 0 saturated carbocycles. The molecule has 1 aromatic carbocycles.